The summed E-state index contributed by atoms with van der Waals surface area (Å²) in [5, 5.41) is 8.62. The molecule has 16 heavy (non-hydrogen) atoms. The van der Waals surface area contributed by atoms with Crippen LogP contribution in [0.1, 0.15) is 39.5 Å². The van der Waals surface area contributed by atoms with Crippen LogP contribution in [-0.2, 0) is 14.3 Å². The summed E-state index contributed by atoms with van der Waals surface area (Å²) in [7, 11) is 0. The van der Waals surface area contributed by atoms with Gasteiger partial charge >= 0.3 is 11.9 Å². The fourth-order valence-electron chi connectivity index (χ4n) is 1.27. The van der Waals surface area contributed by atoms with Crippen LogP contribution in [0, 0.1) is 5.92 Å². The summed E-state index contributed by atoms with van der Waals surface area (Å²) in [6.45, 7) is 3.39. The van der Waals surface area contributed by atoms with Gasteiger partial charge in [0.25, 0.3) is 0 Å². The van der Waals surface area contributed by atoms with Gasteiger partial charge in [-0.1, -0.05) is 26.7 Å². The first-order valence-corrected chi connectivity index (χ1v) is 5.68. The molecule has 0 bridgehead atoms. The summed E-state index contributed by atoms with van der Waals surface area (Å²) in [5.41, 5.74) is 5.23. The summed E-state index contributed by atoms with van der Waals surface area (Å²) in [6, 6.07) is -1.13. The smallest absolute Gasteiger partial charge is 0.332 e. The minimum atomic E-state index is -1.13. The molecule has 0 heterocycles. The predicted octanol–water partition coefficient (Wildman–Crippen LogP) is 0.592. The fourth-order valence-corrected chi connectivity index (χ4v) is 1.27. The summed E-state index contributed by atoms with van der Waals surface area (Å²) in [4.78, 5) is 22.7. The lowest BCUT2D eigenvalue weighted by Gasteiger charge is -2.13. The van der Waals surface area contributed by atoms with Gasteiger partial charge in [-0.3, -0.25) is 4.79 Å². The molecule has 94 valence electrons. The fraction of sp³-hybridized carbons (Fsp3) is 0.818. The third kappa shape index (κ3) is 5.23. The van der Waals surface area contributed by atoms with Crippen LogP contribution in [0.25, 0.3) is 0 Å². The number of hydrogen-bond acceptors (Lipinski definition) is 5. The lowest BCUT2D eigenvalue weighted by atomic mass is 10.00. The molecule has 0 aliphatic rings. The number of unbranched alkanes of at least 4 members (excludes halogenated alkanes) is 1. The van der Waals surface area contributed by atoms with Crippen molar-refractivity contribution in [2.24, 2.45) is 11.7 Å². The predicted molar refractivity (Wildman–Crippen MR) is 59.5 cm³/mol. The molecule has 5 nitrogen and oxygen atoms in total. The van der Waals surface area contributed by atoms with Gasteiger partial charge in [0.05, 0.1) is 12.5 Å². The van der Waals surface area contributed by atoms with Gasteiger partial charge in [0.1, 0.15) is 6.04 Å². The van der Waals surface area contributed by atoms with Gasteiger partial charge in [-0.05, 0) is 12.8 Å². The molecule has 0 aromatic heterocycles. The van der Waals surface area contributed by atoms with Gasteiger partial charge in [0.15, 0.2) is 0 Å². The summed E-state index contributed by atoms with van der Waals surface area (Å²) >= 11 is 0. The third-order valence-electron chi connectivity index (χ3n) is 2.43. The highest BCUT2D eigenvalue weighted by Gasteiger charge is 2.23. The maximum atomic E-state index is 11.5. The van der Waals surface area contributed by atoms with E-state index in [1.807, 2.05) is 13.8 Å². The lowest BCUT2D eigenvalue weighted by molar-refractivity contribution is -0.164. The topological polar surface area (TPSA) is 89.6 Å². The molecule has 1 unspecified atom stereocenters. The standard InChI is InChI=1S/C11H21NO4/c1-3-5-6-8(4-2)10(14)16-11(15)9(12)7-13/h8-9,13H,3-7,12H2,1-2H3/t8?,9-/m0/s1. The number of hydrogen-bond donors (Lipinski definition) is 2. The monoisotopic (exact) mass is 231 g/mol. The number of ether oxygens (including phenoxy) is 1. The second kappa shape index (κ2) is 8.24. The van der Waals surface area contributed by atoms with Crippen LogP contribution in [0.15, 0.2) is 0 Å². The molecular formula is C11H21NO4. The van der Waals surface area contributed by atoms with E-state index in [1.165, 1.54) is 0 Å². The second-order valence-corrected chi connectivity index (χ2v) is 3.78. The van der Waals surface area contributed by atoms with Gasteiger partial charge in [-0.15, -0.1) is 0 Å². The van der Waals surface area contributed by atoms with Crippen LogP contribution in [0.5, 0.6) is 0 Å². The molecule has 0 fully saturated rings. The quantitative estimate of drug-likeness (QED) is 0.494. The van der Waals surface area contributed by atoms with Crippen molar-refractivity contribution in [3.63, 3.8) is 0 Å². The Labute approximate surface area is 96.0 Å². The number of aliphatic hydroxyl groups excluding tert-OH is 1. The average Bonchev–Trinajstić information content (AvgIpc) is 2.28. The molecule has 0 saturated heterocycles. The largest absolute Gasteiger partial charge is 0.394 e. The maximum absolute atomic E-state index is 11.5. The van der Waals surface area contributed by atoms with E-state index in [2.05, 4.69) is 4.74 Å². The highest BCUT2D eigenvalue weighted by Crippen LogP contribution is 2.14. The van der Waals surface area contributed by atoms with Crippen molar-refractivity contribution in [1.29, 1.82) is 0 Å². The second-order valence-electron chi connectivity index (χ2n) is 3.78. The molecule has 0 aliphatic heterocycles. The summed E-state index contributed by atoms with van der Waals surface area (Å²) < 4.78 is 4.59. The van der Waals surface area contributed by atoms with Crippen molar-refractivity contribution in [2.45, 2.75) is 45.6 Å². The Hall–Kier alpha value is -0.940. The molecule has 0 aliphatic carbocycles. The minimum Gasteiger partial charge on any atom is -0.394 e. The first-order chi connectivity index (χ1) is 7.56. The van der Waals surface area contributed by atoms with Crippen LogP contribution in [0.4, 0.5) is 0 Å². The zero-order valence-corrected chi connectivity index (χ0v) is 9.94. The van der Waals surface area contributed by atoms with E-state index < -0.39 is 24.6 Å². The number of carbonyl (C=O) groups is 2. The molecule has 2 atom stereocenters. The SMILES string of the molecule is CCCCC(CC)C(=O)OC(=O)[C@@H](N)CO. The van der Waals surface area contributed by atoms with E-state index in [0.29, 0.717) is 12.8 Å². The zero-order valence-electron chi connectivity index (χ0n) is 9.94. The van der Waals surface area contributed by atoms with Gasteiger partial charge in [-0.25, -0.2) is 4.79 Å². The maximum Gasteiger partial charge on any atom is 0.332 e. The van der Waals surface area contributed by atoms with E-state index in [0.717, 1.165) is 12.8 Å². The van der Waals surface area contributed by atoms with Crippen LogP contribution >= 0.6 is 0 Å². The Kier molecular flexibility index (Phi) is 7.76. The van der Waals surface area contributed by atoms with Gasteiger partial charge in [0, 0.05) is 0 Å². The molecule has 0 saturated carbocycles. The molecule has 0 aromatic carbocycles. The third-order valence-corrected chi connectivity index (χ3v) is 2.43. The van der Waals surface area contributed by atoms with Crippen LogP contribution in [-0.4, -0.2) is 29.7 Å². The average molecular weight is 231 g/mol. The van der Waals surface area contributed by atoms with Crippen molar-refractivity contribution >= 4 is 11.9 Å². The van der Waals surface area contributed by atoms with Crippen LogP contribution in [0.3, 0.4) is 0 Å². The molecule has 0 spiro atoms. The molecule has 0 rings (SSSR count). The molecule has 0 radical (unpaired) electrons. The number of rotatable bonds is 7. The molecular weight excluding hydrogens is 210 g/mol. The highest BCUT2D eigenvalue weighted by molar-refractivity contribution is 5.89. The van der Waals surface area contributed by atoms with Crippen LogP contribution < -0.4 is 5.73 Å². The van der Waals surface area contributed by atoms with Crippen molar-refractivity contribution < 1.29 is 19.4 Å². The van der Waals surface area contributed by atoms with Crippen molar-refractivity contribution in [1.82, 2.24) is 0 Å². The van der Waals surface area contributed by atoms with Crippen LogP contribution in [0.2, 0.25) is 0 Å². The number of esters is 2. The van der Waals surface area contributed by atoms with E-state index in [4.69, 9.17) is 10.8 Å². The number of carbonyl (C=O) groups excluding carboxylic acids is 2. The summed E-state index contributed by atoms with van der Waals surface area (Å²) in [6.07, 6.45) is 3.27. The molecule has 3 N–H and O–H groups in total. The Morgan fingerprint density at radius 3 is 2.38 bits per heavy atom. The van der Waals surface area contributed by atoms with Gasteiger partial charge < -0.3 is 15.6 Å². The molecule has 0 amide bonds. The Morgan fingerprint density at radius 2 is 1.94 bits per heavy atom. The minimum absolute atomic E-state index is 0.255. The Morgan fingerprint density at radius 1 is 1.31 bits per heavy atom. The number of nitrogens with two attached hydrogens (primary N) is 1. The summed E-state index contributed by atoms with van der Waals surface area (Å²) in [5.74, 6) is -1.65. The lowest BCUT2D eigenvalue weighted by Crippen LogP contribution is -2.38. The van der Waals surface area contributed by atoms with E-state index in [-0.39, 0.29) is 5.92 Å². The van der Waals surface area contributed by atoms with Gasteiger partial charge in [-0.2, -0.15) is 0 Å². The highest BCUT2D eigenvalue weighted by atomic mass is 16.6. The molecule has 0 aromatic rings. The van der Waals surface area contributed by atoms with Crippen molar-refractivity contribution in [3.8, 4) is 0 Å². The van der Waals surface area contributed by atoms with E-state index in [1.54, 1.807) is 0 Å². The van der Waals surface area contributed by atoms with Crippen molar-refractivity contribution in [3.05, 3.63) is 0 Å². The van der Waals surface area contributed by atoms with E-state index in [9.17, 15) is 9.59 Å². The Balaban J connectivity index is 4.15. The normalized spacial score (nSPS) is 14.2. The zero-order chi connectivity index (χ0) is 12.6. The number of aliphatic hydroxyl groups is 1. The first-order valence-electron chi connectivity index (χ1n) is 5.68. The van der Waals surface area contributed by atoms with Crippen molar-refractivity contribution in [2.75, 3.05) is 6.61 Å². The van der Waals surface area contributed by atoms with Gasteiger partial charge in [0.2, 0.25) is 0 Å². The van der Waals surface area contributed by atoms with E-state index >= 15 is 0 Å². The Bertz CT molecular complexity index is 230. The first kappa shape index (κ1) is 15.1. The molecule has 5 heteroatoms.